The molecular formula is C18H18FN3O2S. The number of likely N-dealkylation sites (tertiary alicyclic amines) is 1. The summed E-state index contributed by atoms with van der Waals surface area (Å²) in [6.07, 6.45) is 1.56. The van der Waals surface area contributed by atoms with Crippen LogP contribution in [0.25, 0.3) is 21.3 Å². The molecule has 25 heavy (non-hydrogen) atoms. The van der Waals surface area contributed by atoms with E-state index in [9.17, 15) is 14.0 Å². The van der Waals surface area contributed by atoms with Gasteiger partial charge in [0.05, 0.1) is 5.39 Å². The van der Waals surface area contributed by atoms with E-state index in [0.29, 0.717) is 10.2 Å². The van der Waals surface area contributed by atoms with Crippen LogP contribution in [0.1, 0.15) is 18.9 Å². The zero-order valence-electron chi connectivity index (χ0n) is 13.8. The van der Waals surface area contributed by atoms with Crippen molar-refractivity contribution < 1.29 is 4.39 Å². The van der Waals surface area contributed by atoms with Gasteiger partial charge in [-0.05, 0) is 50.7 Å². The third kappa shape index (κ3) is 2.83. The molecule has 0 atom stereocenters. The molecule has 7 heteroatoms. The molecule has 0 aliphatic carbocycles. The molecule has 1 aliphatic rings. The molecule has 0 saturated carbocycles. The summed E-state index contributed by atoms with van der Waals surface area (Å²) in [7, 11) is 2.04. The van der Waals surface area contributed by atoms with Crippen molar-refractivity contribution in [2.75, 3.05) is 20.1 Å². The van der Waals surface area contributed by atoms with Crippen molar-refractivity contribution in [1.82, 2.24) is 14.5 Å². The lowest BCUT2D eigenvalue weighted by Gasteiger charge is -2.29. The van der Waals surface area contributed by atoms with Crippen molar-refractivity contribution in [2.45, 2.75) is 18.9 Å². The third-order valence-electron chi connectivity index (χ3n) is 4.87. The molecule has 1 N–H and O–H groups in total. The molecule has 0 spiro atoms. The first-order chi connectivity index (χ1) is 12.0. The van der Waals surface area contributed by atoms with Crippen LogP contribution in [0.2, 0.25) is 0 Å². The topological polar surface area (TPSA) is 58.1 Å². The molecule has 130 valence electrons. The second-order valence-corrected chi connectivity index (χ2v) is 7.38. The SMILES string of the molecule is CN1CCC(n2c(=O)[nH]c3scc(-c4ccc(F)cc4)c3c2=O)CC1. The number of rotatable bonds is 2. The van der Waals surface area contributed by atoms with Crippen molar-refractivity contribution in [3.8, 4) is 11.1 Å². The van der Waals surface area contributed by atoms with Crippen molar-refractivity contribution in [1.29, 1.82) is 0 Å². The largest absolute Gasteiger partial charge is 0.329 e. The molecule has 1 fully saturated rings. The van der Waals surface area contributed by atoms with Gasteiger partial charge in [-0.15, -0.1) is 11.3 Å². The molecule has 0 bridgehead atoms. The summed E-state index contributed by atoms with van der Waals surface area (Å²) in [6.45, 7) is 1.73. The molecule has 1 aliphatic heterocycles. The highest BCUT2D eigenvalue weighted by molar-refractivity contribution is 7.17. The Morgan fingerprint density at radius 3 is 2.52 bits per heavy atom. The number of thiophene rings is 1. The van der Waals surface area contributed by atoms with Gasteiger partial charge in [-0.3, -0.25) is 14.3 Å². The molecule has 3 aromatic rings. The van der Waals surface area contributed by atoms with Gasteiger partial charge in [0.2, 0.25) is 0 Å². The minimum Gasteiger partial charge on any atom is -0.306 e. The van der Waals surface area contributed by atoms with E-state index in [0.717, 1.165) is 37.1 Å². The average Bonchev–Trinajstić information content (AvgIpc) is 3.01. The predicted octanol–water partition coefficient (Wildman–Crippen LogP) is 2.82. The number of benzene rings is 1. The number of nitrogens with zero attached hydrogens (tertiary/aromatic N) is 2. The molecule has 3 heterocycles. The summed E-state index contributed by atoms with van der Waals surface area (Å²) in [5.41, 5.74) is 0.906. The maximum absolute atomic E-state index is 13.2. The minimum atomic E-state index is -0.348. The summed E-state index contributed by atoms with van der Waals surface area (Å²) in [5, 5.41) is 2.35. The number of nitrogens with one attached hydrogen (secondary N) is 1. The first-order valence-electron chi connectivity index (χ1n) is 8.25. The van der Waals surface area contributed by atoms with E-state index in [-0.39, 0.29) is 23.1 Å². The van der Waals surface area contributed by atoms with Crippen molar-refractivity contribution in [3.63, 3.8) is 0 Å². The zero-order valence-corrected chi connectivity index (χ0v) is 14.6. The Morgan fingerprint density at radius 2 is 1.84 bits per heavy atom. The Hall–Kier alpha value is -2.25. The van der Waals surface area contributed by atoms with Gasteiger partial charge in [0.25, 0.3) is 5.56 Å². The summed E-state index contributed by atoms with van der Waals surface area (Å²) in [6, 6.07) is 5.97. The number of aromatic amines is 1. The molecule has 0 unspecified atom stereocenters. The average molecular weight is 359 g/mol. The van der Waals surface area contributed by atoms with Gasteiger partial charge < -0.3 is 4.90 Å². The monoisotopic (exact) mass is 359 g/mol. The number of fused-ring (bicyclic) bond motifs is 1. The molecular weight excluding hydrogens is 341 g/mol. The summed E-state index contributed by atoms with van der Waals surface area (Å²) in [5.74, 6) is -0.319. The lowest BCUT2D eigenvalue weighted by Crippen LogP contribution is -2.42. The van der Waals surface area contributed by atoms with E-state index < -0.39 is 0 Å². The number of piperidine rings is 1. The quantitative estimate of drug-likeness (QED) is 0.765. The van der Waals surface area contributed by atoms with E-state index >= 15 is 0 Å². The van der Waals surface area contributed by atoms with Crippen LogP contribution in [-0.2, 0) is 0 Å². The van der Waals surface area contributed by atoms with E-state index in [4.69, 9.17) is 0 Å². The van der Waals surface area contributed by atoms with Crippen LogP contribution in [0.15, 0.2) is 39.2 Å². The molecule has 5 nitrogen and oxygen atoms in total. The minimum absolute atomic E-state index is 0.0854. The lowest BCUT2D eigenvalue weighted by molar-refractivity contribution is 0.216. The number of hydrogen-bond acceptors (Lipinski definition) is 4. The third-order valence-corrected chi connectivity index (χ3v) is 5.77. The van der Waals surface area contributed by atoms with Crippen LogP contribution in [0.4, 0.5) is 4.39 Å². The number of halogens is 1. The van der Waals surface area contributed by atoms with Gasteiger partial charge in [-0.2, -0.15) is 0 Å². The van der Waals surface area contributed by atoms with Gasteiger partial charge in [-0.1, -0.05) is 12.1 Å². The molecule has 1 saturated heterocycles. The van der Waals surface area contributed by atoms with Crippen LogP contribution in [0.5, 0.6) is 0 Å². The highest BCUT2D eigenvalue weighted by Gasteiger charge is 2.23. The first kappa shape index (κ1) is 16.2. The second-order valence-electron chi connectivity index (χ2n) is 6.50. The normalized spacial score (nSPS) is 16.6. The highest BCUT2D eigenvalue weighted by Crippen LogP contribution is 2.31. The van der Waals surface area contributed by atoms with E-state index in [2.05, 4.69) is 9.88 Å². The number of hydrogen-bond donors (Lipinski definition) is 1. The number of aromatic nitrogens is 2. The fraction of sp³-hybridized carbons (Fsp3) is 0.333. The Labute approximate surface area is 147 Å². The van der Waals surface area contributed by atoms with Crippen LogP contribution in [0.3, 0.4) is 0 Å². The van der Waals surface area contributed by atoms with Crippen LogP contribution in [0, 0.1) is 5.82 Å². The fourth-order valence-corrected chi connectivity index (χ4v) is 4.41. The first-order valence-corrected chi connectivity index (χ1v) is 9.13. The maximum Gasteiger partial charge on any atom is 0.329 e. The van der Waals surface area contributed by atoms with Gasteiger partial charge in [0, 0.05) is 17.0 Å². The van der Waals surface area contributed by atoms with Crippen LogP contribution >= 0.6 is 11.3 Å². The summed E-state index contributed by atoms with van der Waals surface area (Å²) < 4.78 is 14.6. The smallest absolute Gasteiger partial charge is 0.306 e. The Bertz CT molecular complexity index is 1030. The van der Waals surface area contributed by atoms with Gasteiger partial charge in [-0.25, -0.2) is 9.18 Å². The molecule has 2 aromatic heterocycles. The van der Waals surface area contributed by atoms with E-state index in [1.165, 1.54) is 28.0 Å². The zero-order chi connectivity index (χ0) is 17.6. The molecule has 0 radical (unpaired) electrons. The van der Waals surface area contributed by atoms with Gasteiger partial charge in [0.1, 0.15) is 10.6 Å². The summed E-state index contributed by atoms with van der Waals surface area (Å²) in [4.78, 5) is 31.2. The Morgan fingerprint density at radius 1 is 1.16 bits per heavy atom. The van der Waals surface area contributed by atoms with Crippen LogP contribution < -0.4 is 11.2 Å². The van der Waals surface area contributed by atoms with Crippen molar-refractivity contribution >= 4 is 21.6 Å². The fourth-order valence-electron chi connectivity index (χ4n) is 3.46. The predicted molar refractivity (Wildman–Crippen MR) is 97.9 cm³/mol. The van der Waals surface area contributed by atoms with E-state index in [1.54, 1.807) is 12.1 Å². The molecule has 1 aromatic carbocycles. The summed E-state index contributed by atoms with van der Waals surface area (Å²) >= 11 is 1.33. The Balaban J connectivity index is 1.88. The second kappa shape index (κ2) is 6.24. The van der Waals surface area contributed by atoms with Gasteiger partial charge >= 0.3 is 5.69 Å². The lowest BCUT2D eigenvalue weighted by atomic mass is 10.0. The van der Waals surface area contributed by atoms with Crippen molar-refractivity contribution in [2.24, 2.45) is 0 Å². The maximum atomic E-state index is 13.2. The number of H-pyrrole nitrogens is 1. The molecule has 4 rings (SSSR count). The van der Waals surface area contributed by atoms with Gasteiger partial charge in [0.15, 0.2) is 0 Å². The van der Waals surface area contributed by atoms with Crippen molar-refractivity contribution in [3.05, 3.63) is 56.3 Å². The van der Waals surface area contributed by atoms with E-state index in [1.807, 2.05) is 12.4 Å². The van der Waals surface area contributed by atoms with Crippen LogP contribution in [-0.4, -0.2) is 34.6 Å². The standard InChI is InChI=1S/C18H18FN3O2S/c1-21-8-6-13(7-9-21)22-17(23)15-14(10-25-16(15)20-18(22)24)11-2-4-12(19)5-3-11/h2-5,10,13H,6-9H2,1H3,(H,20,24). The highest BCUT2D eigenvalue weighted by atomic mass is 32.1. The molecule has 0 amide bonds. The Kier molecular flexibility index (Phi) is 4.05.